The Bertz CT molecular complexity index is 620. The molecule has 1 atom stereocenters. The molecule has 0 aromatic carbocycles. The Labute approximate surface area is 129 Å². The molecule has 0 bridgehead atoms. The van der Waals surface area contributed by atoms with Crippen LogP contribution in [0, 0.1) is 0 Å². The first kappa shape index (κ1) is 14.7. The molecule has 1 aliphatic heterocycles. The number of pyridine rings is 1. The van der Waals surface area contributed by atoms with E-state index in [-0.39, 0.29) is 5.91 Å². The van der Waals surface area contributed by atoms with Crippen molar-refractivity contribution >= 4 is 5.91 Å². The molecular weight excluding hydrogens is 280 g/mol. The summed E-state index contributed by atoms with van der Waals surface area (Å²) in [7, 11) is 0. The lowest BCUT2D eigenvalue weighted by Gasteiger charge is -2.23. The van der Waals surface area contributed by atoms with Crippen LogP contribution in [0.2, 0.25) is 0 Å². The molecule has 1 unspecified atom stereocenters. The van der Waals surface area contributed by atoms with E-state index in [4.69, 9.17) is 4.52 Å². The number of carbonyl (C=O) groups excluding carboxylic acids is 1. The monoisotopic (exact) mass is 300 g/mol. The number of aromatic nitrogens is 2. The largest absolute Gasteiger partial charge is 0.355 e. The molecule has 3 heterocycles. The Hall–Kier alpha value is -2.21. The number of likely N-dealkylation sites (tertiary alicyclic amines) is 1. The molecular formula is C16H20N4O2. The van der Waals surface area contributed by atoms with E-state index in [0.717, 1.165) is 18.7 Å². The van der Waals surface area contributed by atoms with Gasteiger partial charge in [-0.2, -0.15) is 0 Å². The minimum absolute atomic E-state index is 0.204. The summed E-state index contributed by atoms with van der Waals surface area (Å²) in [5.41, 5.74) is 1.10. The average Bonchev–Trinajstić information content (AvgIpc) is 3.24. The van der Waals surface area contributed by atoms with Gasteiger partial charge in [-0.25, -0.2) is 0 Å². The number of carbonyl (C=O) groups is 1. The Kier molecular flexibility index (Phi) is 4.48. The number of rotatable bonds is 5. The zero-order chi connectivity index (χ0) is 15.4. The number of amides is 1. The van der Waals surface area contributed by atoms with Crippen LogP contribution in [0.4, 0.5) is 0 Å². The first-order valence-corrected chi connectivity index (χ1v) is 7.63. The number of hydrogen-bond acceptors (Lipinski definition) is 5. The minimum Gasteiger partial charge on any atom is -0.355 e. The lowest BCUT2D eigenvalue weighted by molar-refractivity contribution is 0.0931. The Balaban J connectivity index is 1.57. The van der Waals surface area contributed by atoms with Crippen molar-refractivity contribution < 1.29 is 9.32 Å². The van der Waals surface area contributed by atoms with Crippen LogP contribution in [0.3, 0.4) is 0 Å². The molecule has 0 aliphatic carbocycles. The van der Waals surface area contributed by atoms with Crippen molar-refractivity contribution in [3.05, 3.63) is 36.3 Å². The van der Waals surface area contributed by atoms with E-state index in [9.17, 15) is 4.79 Å². The van der Waals surface area contributed by atoms with Gasteiger partial charge in [0.25, 0.3) is 5.91 Å². The van der Waals surface area contributed by atoms with Gasteiger partial charge in [-0.15, -0.1) is 0 Å². The van der Waals surface area contributed by atoms with Gasteiger partial charge < -0.3 is 9.84 Å². The van der Waals surface area contributed by atoms with Crippen LogP contribution in [-0.4, -0.2) is 46.6 Å². The van der Waals surface area contributed by atoms with Crippen molar-refractivity contribution in [3.63, 3.8) is 0 Å². The smallest absolute Gasteiger partial charge is 0.273 e. The standard InChI is InChI=1S/C16H20N4O2/c1-12(20-7-2-3-8-20)10-18-16(21)14-9-15(22-19-14)13-5-4-6-17-11-13/h4-6,9,11-12H,2-3,7-8,10H2,1H3,(H,18,21). The average molecular weight is 300 g/mol. The van der Waals surface area contributed by atoms with E-state index in [2.05, 4.69) is 27.3 Å². The van der Waals surface area contributed by atoms with Crippen molar-refractivity contribution in [2.75, 3.05) is 19.6 Å². The molecule has 1 fully saturated rings. The van der Waals surface area contributed by atoms with Crippen molar-refractivity contribution in [1.82, 2.24) is 20.4 Å². The van der Waals surface area contributed by atoms with Crippen LogP contribution in [0.5, 0.6) is 0 Å². The second-order valence-electron chi connectivity index (χ2n) is 5.62. The molecule has 1 amide bonds. The molecule has 0 radical (unpaired) electrons. The molecule has 0 saturated carbocycles. The highest BCUT2D eigenvalue weighted by molar-refractivity contribution is 5.93. The summed E-state index contributed by atoms with van der Waals surface area (Å²) in [5, 5.41) is 6.76. The van der Waals surface area contributed by atoms with Crippen molar-refractivity contribution in [2.24, 2.45) is 0 Å². The molecule has 2 aromatic rings. The van der Waals surface area contributed by atoms with Crippen molar-refractivity contribution in [3.8, 4) is 11.3 Å². The highest BCUT2D eigenvalue weighted by Crippen LogP contribution is 2.18. The van der Waals surface area contributed by atoms with Gasteiger partial charge in [0, 0.05) is 36.6 Å². The molecule has 0 spiro atoms. The third kappa shape index (κ3) is 3.33. The second-order valence-corrected chi connectivity index (χ2v) is 5.62. The number of hydrogen-bond donors (Lipinski definition) is 1. The highest BCUT2D eigenvalue weighted by Gasteiger charge is 2.19. The highest BCUT2D eigenvalue weighted by atomic mass is 16.5. The molecule has 1 aliphatic rings. The van der Waals surface area contributed by atoms with Gasteiger partial charge in [0.2, 0.25) is 0 Å². The lowest BCUT2D eigenvalue weighted by Crippen LogP contribution is -2.40. The summed E-state index contributed by atoms with van der Waals surface area (Å²) in [5.74, 6) is 0.343. The molecule has 1 N–H and O–H groups in total. The van der Waals surface area contributed by atoms with Crippen LogP contribution in [0.25, 0.3) is 11.3 Å². The van der Waals surface area contributed by atoms with Crippen LogP contribution in [-0.2, 0) is 0 Å². The summed E-state index contributed by atoms with van der Waals surface area (Å²) in [6, 6.07) is 5.67. The molecule has 6 nitrogen and oxygen atoms in total. The predicted octanol–water partition coefficient (Wildman–Crippen LogP) is 1.95. The first-order chi connectivity index (χ1) is 10.7. The van der Waals surface area contributed by atoms with E-state index in [1.54, 1.807) is 18.5 Å². The number of nitrogens with one attached hydrogen (secondary N) is 1. The summed E-state index contributed by atoms with van der Waals surface area (Å²) in [6.45, 7) is 4.99. The van der Waals surface area contributed by atoms with Gasteiger partial charge in [0.15, 0.2) is 11.5 Å². The zero-order valence-corrected chi connectivity index (χ0v) is 12.7. The van der Waals surface area contributed by atoms with Gasteiger partial charge in [-0.1, -0.05) is 5.16 Å². The lowest BCUT2D eigenvalue weighted by atomic mass is 10.2. The van der Waals surface area contributed by atoms with E-state index >= 15 is 0 Å². The summed E-state index contributed by atoms with van der Waals surface area (Å²) in [4.78, 5) is 18.6. The zero-order valence-electron chi connectivity index (χ0n) is 12.7. The van der Waals surface area contributed by atoms with E-state index in [1.165, 1.54) is 12.8 Å². The van der Waals surface area contributed by atoms with Gasteiger partial charge in [0.05, 0.1) is 0 Å². The van der Waals surface area contributed by atoms with Crippen LogP contribution < -0.4 is 5.32 Å². The van der Waals surface area contributed by atoms with E-state index < -0.39 is 0 Å². The van der Waals surface area contributed by atoms with Gasteiger partial charge >= 0.3 is 0 Å². The third-order valence-electron chi connectivity index (χ3n) is 4.01. The summed E-state index contributed by atoms with van der Waals surface area (Å²) < 4.78 is 5.22. The maximum Gasteiger partial charge on any atom is 0.273 e. The maximum atomic E-state index is 12.1. The van der Waals surface area contributed by atoms with Gasteiger partial charge in [-0.05, 0) is 45.0 Å². The summed E-state index contributed by atoms with van der Waals surface area (Å²) in [6.07, 6.45) is 5.86. The van der Waals surface area contributed by atoms with Crippen molar-refractivity contribution in [1.29, 1.82) is 0 Å². The summed E-state index contributed by atoms with van der Waals surface area (Å²) >= 11 is 0. The maximum absolute atomic E-state index is 12.1. The molecule has 2 aromatic heterocycles. The second kappa shape index (κ2) is 6.70. The Morgan fingerprint density at radius 1 is 1.45 bits per heavy atom. The minimum atomic E-state index is -0.204. The predicted molar refractivity (Wildman–Crippen MR) is 82.3 cm³/mol. The first-order valence-electron chi connectivity index (χ1n) is 7.63. The van der Waals surface area contributed by atoms with E-state index in [1.807, 2.05) is 12.1 Å². The van der Waals surface area contributed by atoms with Crippen LogP contribution >= 0.6 is 0 Å². The Morgan fingerprint density at radius 3 is 3.00 bits per heavy atom. The molecule has 116 valence electrons. The van der Waals surface area contributed by atoms with Crippen LogP contribution in [0.15, 0.2) is 35.1 Å². The van der Waals surface area contributed by atoms with Crippen LogP contribution in [0.1, 0.15) is 30.3 Å². The molecule has 1 saturated heterocycles. The SMILES string of the molecule is CC(CNC(=O)c1cc(-c2cccnc2)on1)N1CCCC1. The Morgan fingerprint density at radius 2 is 2.27 bits per heavy atom. The third-order valence-corrected chi connectivity index (χ3v) is 4.01. The topological polar surface area (TPSA) is 71.3 Å². The van der Waals surface area contributed by atoms with Gasteiger partial charge in [0.1, 0.15) is 0 Å². The van der Waals surface area contributed by atoms with E-state index in [0.29, 0.717) is 24.0 Å². The fourth-order valence-corrected chi connectivity index (χ4v) is 2.67. The molecule has 22 heavy (non-hydrogen) atoms. The fraction of sp³-hybridized carbons (Fsp3) is 0.438. The van der Waals surface area contributed by atoms with Gasteiger partial charge in [-0.3, -0.25) is 14.7 Å². The molecule has 6 heteroatoms. The quantitative estimate of drug-likeness (QED) is 0.914. The normalized spacial score (nSPS) is 16.6. The number of nitrogens with zero attached hydrogens (tertiary/aromatic N) is 3. The van der Waals surface area contributed by atoms with Crippen molar-refractivity contribution in [2.45, 2.75) is 25.8 Å². The molecule has 3 rings (SSSR count). The fourth-order valence-electron chi connectivity index (χ4n) is 2.67.